The molecule has 0 aromatic heterocycles. The summed E-state index contributed by atoms with van der Waals surface area (Å²) in [6, 6.07) is 0. The first-order chi connectivity index (χ1) is 21.7. The molecule has 0 amide bonds. The van der Waals surface area contributed by atoms with E-state index in [0.29, 0.717) is 12.3 Å². The maximum absolute atomic E-state index is 12.7. The van der Waals surface area contributed by atoms with Crippen molar-refractivity contribution in [1.82, 2.24) is 0 Å². The number of hydrogen-bond donors (Lipinski definition) is 5. The van der Waals surface area contributed by atoms with Crippen molar-refractivity contribution in [2.24, 2.45) is 44.8 Å². The number of ether oxygens (including phenoxy) is 4. The van der Waals surface area contributed by atoms with E-state index >= 15 is 0 Å². The van der Waals surface area contributed by atoms with Gasteiger partial charge in [-0.25, -0.2) is 0 Å². The number of hydrogen-bond acceptors (Lipinski definition) is 10. The van der Waals surface area contributed by atoms with Crippen LogP contribution in [0.3, 0.4) is 0 Å². The molecule has 47 heavy (non-hydrogen) atoms. The molecule has 0 aromatic carbocycles. The van der Waals surface area contributed by atoms with Crippen LogP contribution in [-0.4, -0.2) is 98.3 Å². The number of esters is 1. The van der Waals surface area contributed by atoms with Gasteiger partial charge in [-0.3, -0.25) is 4.79 Å². The SMILES string of the molecule is CC(=O)OC1C(O)C(C2(C)CCC(C(C)(C)O)O2)C2(C)CCC34CC35CCC(OC3OCC(O)C(O)C3O)C(C)(C)C5CCC4C12C. The number of carbonyl (C=O) groups excluding carboxylic acids is 1. The molecule has 2 saturated heterocycles. The number of carbonyl (C=O) groups is 1. The molecule has 0 aromatic rings. The first kappa shape index (κ1) is 34.6. The largest absolute Gasteiger partial charge is 0.459 e. The Hall–Kier alpha value is -0.850. The van der Waals surface area contributed by atoms with Gasteiger partial charge in [-0.05, 0) is 112 Å². The van der Waals surface area contributed by atoms with E-state index in [9.17, 15) is 30.3 Å². The smallest absolute Gasteiger partial charge is 0.303 e. The van der Waals surface area contributed by atoms with Crippen LogP contribution in [0.5, 0.6) is 0 Å². The van der Waals surface area contributed by atoms with E-state index in [2.05, 4.69) is 34.6 Å². The normalized spacial score (nSPS) is 56.6. The Morgan fingerprint density at radius 3 is 2.13 bits per heavy atom. The molecule has 0 radical (unpaired) electrons. The van der Waals surface area contributed by atoms with Crippen LogP contribution in [0.25, 0.3) is 0 Å². The van der Waals surface area contributed by atoms with Crippen LogP contribution >= 0.6 is 0 Å². The summed E-state index contributed by atoms with van der Waals surface area (Å²) >= 11 is 0. The number of fused-ring (bicyclic) bond motifs is 2. The van der Waals surface area contributed by atoms with Gasteiger partial charge >= 0.3 is 5.97 Å². The van der Waals surface area contributed by atoms with Gasteiger partial charge in [-0.2, -0.15) is 0 Å². The topological polar surface area (TPSA) is 155 Å². The summed E-state index contributed by atoms with van der Waals surface area (Å²) < 4.78 is 25.1. The Kier molecular flexibility index (Phi) is 7.80. The molecule has 16 atom stereocenters. The lowest BCUT2D eigenvalue weighted by atomic mass is 9.41. The van der Waals surface area contributed by atoms with Gasteiger partial charge in [0, 0.05) is 18.3 Å². The molecule has 268 valence electrons. The van der Waals surface area contributed by atoms with Gasteiger partial charge in [0.15, 0.2) is 6.29 Å². The van der Waals surface area contributed by atoms with Crippen molar-refractivity contribution in [3.8, 4) is 0 Å². The summed E-state index contributed by atoms with van der Waals surface area (Å²) in [5.74, 6) is 0.0227. The maximum atomic E-state index is 12.7. The standard InChI is InChI=1S/C37H60O10/c1-19(38)45-29-27(42)28(34(7)13-11-24(47-34)32(4,5)43)33(6)15-16-37-18-36(37)14-12-23(46-30-26(41)25(40)20(39)17-44-30)31(2,3)21(36)9-10-22(37)35(29,33)8/h20-30,39-43H,9-18H2,1-8H3. The highest BCUT2D eigenvalue weighted by atomic mass is 16.7. The Morgan fingerprint density at radius 2 is 1.49 bits per heavy atom. The molecule has 2 heterocycles. The monoisotopic (exact) mass is 664 g/mol. The molecule has 5 aliphatic carbocycles. The van der Waals surface area contributed by atoms with E-state index in [-0.39, 0.29) is 58.3 Å². The van der Waals surface area contributed by atoms with Crippen LogP contribution in [0.15, 0.2) is 0 Å². The molecule has 16 unspecified atom stereocenters. The molecular formula is C37H60O10. The Balaban J connectivity index is 1.19. The second-order valence-corrected chi connectivity index (χ2v) is 18.7. The zero-order chi connectivity index (χ0) is 34.3. The van der Waals surface area contributed by atoms with Gasteiger partial charge in [0.05, 0.1) is 36.1 Å². The Morgan fingerprint density at radius 1 is 0.830 bits per heavy atom. The second kappa shape index (κ2) is 10.6. The van der Waals surface area contributed by atoms with E-state index in [1.165, 1.54) is 6.92 Å². The summed E-state index contributed by atoms with van der Waals surface area (Å²) in [6.45, 7) is 16.2. The van der Waals surface area contributed by atoms with Crippen molar-refractivity contribution in [3.05, 3.63) is 0 Å². The van der Waals surface area contributed by atoms with Crippen molar-refractivity contribution in [1.29, 1.82) is 0 Å². The van der Waals surface area contributed by atoms with Gasteiger partial charge in [0.1, 0.15) is 24.4 Å². The molecule has 7 aliphatic rings. The fraction of sp³-hybridized carbons (Fsp3) is 0.973. The fourth-order valence-electron chi connectivity index (χ4n) is 13.7. The van der Waals surface area contributed by atoms with Crippen LogP contribution in [0.1, 0.15) is 113 Å². The first-order valence-electron chi connectivity index (χ1n) is 18.3. The molecule has 2 spiro atoms. The van der Waals surface area contributed by atoms with Gasteiger partial charge in [0.2, 0.25) is 0 Å². The average Bonchev–Trinajstić information content (AvgIpc) is 3.40. The van der Waals surface area contributed by atoms with Crippen LogP contribution in [0, 0.1) is 44.8 Å². The van der Waals surface area contributed by atoms with E-state index in [0.717, 1.165) is 51.4 Å². The summed E-state index contributed by atoms with van der Waals surface area (Å²) in [6.07, 6.45) is 1.51. The molecule has 7 fully saturated rings. The van der Waals surface area contributed by atoms with Crippen LogP contribution in [-0.2, 0) is 23.7 Å². The highest BCUT2D eigenvalue weighted by Crippen LogP contribution is 2.89. The summed E-state index contributed by atoms with van der Waals surface area (Å²) in [5.41, 5.74) is -2.49. The van der Waals surface area contributed by atoms with Gasteiger partial charge in [-0.15, -0.1) is 0 Å². The second-order valence-electron chi connectivity index (χ2n) is 18.7. The van der Waals surface area contributed by atoms with Crippen molar-refractivity contribution in [2.45, 2.75) is 173 Å². The summed E-state index contributed by atoms with van der Waals surface area (Å²) in [7, 11) is 0. The average molecular weight is 665 g/mol. The van der Waals surface area contributed by atoms with E-state index in [4.69, 9.17) is 18.9 Å². The van der Waals surface area contributed by atoms with Crippen LogP contribution in [0.4, 0.5) is 0 Å². The highest BCUT2D eigenvalue weighted by molar-refractivity contribution is 5.66. The number of aliphatic hydroxyl groups excluding tert-OH is 4. The molecule has 0 bridgehead atoms. The minimum absolute atomic E-state index is 0.0770. The lowest BCUT2D eigenvalue weighted by molar-refractivity contribution is -0.303. The predicted molar refractivity (Wildman–Crippen MR) is 171 cm³/mol. The minimum atomic E-state index is -1.31. The lowest BCUT2D eigenvalue weighted by Crippen LogP contribution is -2.62. The molecule has 5 saturated carbocycles. The first-order valence-corrected chi connectivity index (χ1v) is 18.3. The predicted octanol–water partition coefficient (Wildman–Crippen LogP) is 3.47. The van der Waals surface area contributed by atoms with Crippen LogP contribution < -0.4 is 0 Å². The minimum Gasteiger partial charge on any atom is -0.459 e. The fourth-order valence-corrected chi connectivity index (χ4v) is 13.7. The molecular weight excluding hydrogens is 604 g/mol. The van der Waals surface area contributed by atoms with E-state index in [1.807, 2.05) is 0 Å². The Bertz CT molecular complexity index is 1270. The highest BCUT2D eigenvalue weighted by Gasteiger charge is 2.85. The molecule has 7 rings (SSSR count). The number of aliphatic hydroxyl groups is 5. The maximum Gasteiger partial charge on any atom is 0.303 e. The van der Waals surface area contributed by atoms with Crippen molar-refractivity contribution >= 4 is 5.97 Å². The molecule has 10 nitrogen and oxygen atoms in total. The lowest BCUT2D eigenvalue weighted by Gasteiger charge is -2.64. The molecule has 5 N–H and O–H groups in total. The van der Waals surface area contributed by atoms with Crippen molar-refractivity contribution < 1.29 is 49.3 Å². The van der Waals surface area contributed by atoms with E-state index < -0.39 is 53.4 Å². The van der Waals surface area contributed by atoms with Gasteiger partial charge in [-0.1, -0.05) is 27.7 Å². The van der Waals surface area contributed by atoms with E-state index in [1.54, 1.807) is 13.8 Å². The quantitative estimate of drug-likeness (QED) is 0.218. The number of rotatable bonds is 5. The van der Waals surface area contributed by atoms with Crippen molar-refractivity contribution in [2.75, 3.05) is 6.61 Å². The van der Waals surface area contributed by atoms with Gasteiger partial charge in [0.25, 0.3) is 0 Å². The summed E-state index contributed by atoms with van der Waals surface area (Å²) in [4.78, 5) is 12.7. The zero-order valence-electron chi connectivity index (χ0n) is 29.7. The third-order valence-electron chi connectivity index (χ3n) is 15.9. The summed E-state index contributed by atoms with van der Waals surface area (Å²) in [5, 5.41) is 54.0. The molecule has 10 heteroatoms. The Labute approximate surface area is 279 Å². The zero-order valence-corrected chi connectivity index (χ0v) is 29.7. The van der Waals surface area contributed by atoms with Crippen molar-refractivity contribution in [3.63, 3.8) is 0 Å². The molecule has 2 aliphatic heterocycles. The third kappa shape index (κ3) is 4.47. The van der Waals surface area contributed by atoms with Gasteiger partial charge < -0.3 is 44.5 Å². The third-order valence-corrected chi connectivity index (χ3v) is 15.9. The van der Waals surface area contributed by atoms with Crippen LogP contribution in [0.2, 0.25) is 0 Å².